The van der Waals surface area contributed by atoms with E-state index in [1.807, 2.05) is 12.1 Å². The van der Waals surface area contributed by atoms with Gasteiger partial charge in [0.2, 0.25) is 0 Å². The number of nitrogens with zero attached hydrogens (tertiary/aromatic N) is 2. The number of hydrogen-bond acceptors (Lipinski definition) is 3. The van der Waals surface area contributed by atoms with E-state index in [2.05, 4.69) is 15.7 Å². The first kappa shape index (κ1) is 13.1. The molecule has 0 bridgehead atoms. The second kappa shape index (κ2) is 5.64. The molecule has 2 heterocycles. The summed E-state index contributed by atoms with van der Waals surface area (Å²) in [6.45, 7) is 2.65. The van der Waals surface area contributed by atoms with Crippen LogP contribution in [0.2, 0.25) is 5.02 Å². The van der Waals surface area contributed by atoms with Crippen molar-refractivity contribution in [1.82, 2.24) is 20.4 Å². The van der Waals surface area contributed by atoms with E-state index in [4.69, 9.17) is 11.6 Å². The molecule has 2 aromatic rings. The van der Waals surface area contributed by atoms with Crippen molar-refractivity contribution in [3.8, 4) is 5.69 Å². The van der Waals surface area contributed by atoms with Gasteiger partial charge in [-0.2, -0.15) is 5.10 Å². The third-order valence-corrected chi connectivity index (χ3v) is 3.57. The number of rotatable bonds is 4. The third-order valence-electron chi connectivity index (χ3n) is 3.33. The van der Waals surface area contributed by atoms with Crippen molar-refractivity contribution in [3.63, 3.8) is 0 Å². The molecule has 20 heavy (non-hydrogen) atoms. The van der Waals surface area contributed by atoms with Gasteiger partial charge in [-0.05, 0) is 18.2 Å². The van der Waals surface area contributed by atoms with E-state index in [9.17, 15) is 4.79 Å². The molecule has 104 valence electrons. The minimum absolute atomic E-state index is 0.0924. The number of halogens is 1. The number of aromatic nitrogens is 2. The Kier molecular flexibility index (Phi) is 3.71. The van der Waals surface area contributed by atoms with E-state index < -0.39 is 0 Å². The first-order valence-corrected chi connectivity index (χ1v) is 6.90. The predicted octanol–water partition coefficient (Wildman–Crippen LogP) is 1.47. The van der Waals surface area contributed by atoms with Crippen LogP contribution in [0.25, 0.3) is 5.69 Å². The molecular weight excluding hydrogens is 276 g/mol. The van der Waals surface area contributed by atoms with Crippen LogP contribution in [-0.4, -0.2) is 35.3 Å². The lowest BCUT2D eigenvalue weighted by atomic mass is 10.0. The van der Waals surface area contributed by atoms with Gasteiger partial charge < -0.3 is 10.6 Å². The smallest absolute Gasteiger partial charge is 0.254 e. The second-order valence-corrected chi connectivity index (χ2v) is 5.32. The maximum absolute atomic E-state index is 12.0. The molecule has 0 aliphatic carbocycles. The molecule has 2 N–H and O–H groups in total. The quantitative estimate of drug-likeness (QED) is 0.897. The zero-order valence-corrected chi connectivity index (χ0v) is 11.6. The van der Waals surface area contributed by atoms with Crippen molar-refractivity contribution in [3.05, 3.63) is 47.2 Å². The van der Waals surface area contributed by atoms with Crippen molar-refractivity contribution in [1.29, 1.82) is 0 Å². The topological polar surface area (TPSA) is 59.0 Å². The lowest BCUT2D eigenvalue weighted by Gasteiger charge is -2.26. The summed E-state index contributed by atoms with van der Waals surface area (Å²) in [6, 6.07) is 7.34. The van der Waals surface area contributed by atoms with Crippen molar-refractivity contribution >= 4 is 17.5 Å². The Morgan fingerprint density at radius 2 is 2.35 bits per heavy atom. The lowest BCUT2D eigenvalue weighted by Crippen LogP contribution is -2.48. The molecule has 5 nitrogen and oxygen atoms in total. The van der Waals surface area contributed by atoms with Crippen LogP contribution < -0.4 is 10.6 Å². The van der Waals surface area contributed by atoms with Crippen LogP contribution in [0.1, 0.15) is 10.4 Å². The second-order valence-electron chi connectivity index (χ2n) is 4.89. The zero-order chi connectivity index (χ0) is 13.9. The number of benzene rings is 1. The average molecular weight is 291 g/mol. The van der Waals surface area contributed by atoms with Gasteiger partial charge in [0.05, 0.1) is 17.4 Å². The number of nitrogens with one attached hydrogen (secondary N) is 2. The Bertz CT molecular complexity index is 621. The van der Waals surface area contributed by atoms with Gasteiger partial charge >= 0.3 is 0 Å². The van der Waals surface area contributed by atoms with Crippen LogP contribution in [0.3, 0.4) is 0 Å². The van der Waals surface area contributed by atoms with Crippen molar-refractivity contribution < 1.29 is 4.79 Å². The van der Waals surface area contributed by atoms with E-state index in [-0.39, 0.29) is 5.91 Å². The standard InChI is InChI=1S/C14H15ClN4O/c15-12-2-1-3-13(4-12)19-9-11(8-18-19)14(20)17-7-10-5-16-6-10/h1-4,8-10,16H,5-7H2,(H,17,20). The van der Waals surface area contributed by atoms with E-state index in [1.54, 1.807) is 29.2 Å². The summed E-state index contributed by atoms with van der Waals surface area (Å²) < 4.78 is 1.64. The Labute approximate surface area is 121 Å². The molecule has 3 rings (SSSR count). The molecule has 1 fully saturated rings. The molecule has 0 saturated carbocycles. The normalized spacial score (nSPS) is 14.8. The largest absolute Gasteiger partial charge is 0.352 e. The molecule has 0 atom stereocenters. The van der Waals surface area contributed by atoms with Crippen LogP contribution in [0.4, 0.5) is 0 Å². The van der Waals surface area contributed by atoms with Gasteiger partial charge in [-0.3, -0.25) is 4.79 Å². The fraction of sp³-hybridized carbons (Fsp3) is 0.286. The zero-order valence-electron chi connectivity index (χ0n) is 10.8. The Hall–Kier alpha value is -1.85. The fourth-order valence-electron chi connectivity index (χ4n) is 2.03. The first-order valence-electron chi connectivity index (χ1n) is 6.52. The molecule has 1 aromatic carbocycles. The van der Waals surface area contributed by atoms with Gasteiger partial charge in [-0.25, -0.2) is 4.68 Å². The Morgan fingerprint density at radius 3 is 3.05 bits per heavy atom. The summed E-state index contributed by atoms with van der Waals surface area (Å²) in [5.74, 6) is 0.451. The molecule has 1 aliphatic heterocycles. The highest BCUT2D eigenvalue weighted by atomic mass is 35.5. The Morgan fingerprint density at radius 1 is 1.50 bits per heavy atom. The highest BCUT2D eigenvalue weighted by molar-refractivity contribution is 6.30. The van der Waals surface area contributed by atoms with Gasteiger partial charge in [-0.15, -0.1) is 0 Å². The summed E-state index contributed by atoms with van der Waals surface area (Å²) in [5.41, 5.74) is 1.39. The monoisotopic (exact) mass is 290 g/mol. The first-order chi connectivity index (χ1) is 9.72. The highest BCUT2D eigenvalue weighted by Gasteiger charge is 2.18. The molecule has 1 saturated heterocycles. The maximum Gasteiger partial charge on any atom is 0.254 e. The molecule has 0 radical (unpaired) electrons. The van der Waals surface area contributed by atoms with Crippen molar-refractivity contribution in [2.24, 2.45) is 5.92 Å². The average Bonchev–Trinajstić information content (AvgIpc) is 2.86. The summed E-state index contributed by atoms with van der Waals surface area (Å²) >= 11 is 5.94. The number of hydrogen-bond donors (Lipinski definition) is 2. The molecule has 0 spiro atoms. The van der Waals surface area contributed by atoms with Crippen LogP contribution in [0.15, 0.2) is 36.7 Å². The van der Waals surface area contributed by atoms with E-state index in [0.717, 1.165) is 18.8 Å². The predicted molar refractivity (Wildman–Crippen MR) is 77.3 cm³/mol. The summed E-state index contributed by atoms with van der Waals surface area (Å²) in [7, 11) is 0. The lowest BCUT2D eigenvalue weighted by molar-refractivity contribution is 0.0942. The molecule has 1 aromatic heterocycles. The summed E-state index contributed by atoms with van der Waals surface area (Å²) in [5, 5.41) is 10.9. The van der Waals surface area contributed by atoms with Gasteiger partial charge in [0.1, 0.15) is 0 Å². The van der Waals surface area contributed by atoms with Crippen LogP contribution in [0.5, 0.6) is 0 Å². The van der Waals surface area contributed by atoms with Gasteiger partial charge in [0.15, 0.2) is 0 Å². The van der Waals surface area contributed by atoms with E-state index in [1.165, 1.54) is 0 Å². The summed E-state index contributed by atoms with van der Waals surface area (Å²) in [6.07, 6.45) is 3.27. The number of carbonyl (C=O) groups excluding carboxylic acids is 1. The number of carbonyl (C=O) groups is 1. The molecule has 1 aliphatic rings. The summed E-state index contributed by atoms with van der Waals surface area (Å²) in [4.78, 5) is 12.0. The van der Waals surface area contributed by atoms with Gasteiger partial charge in [0, 0.05) is 36.8 Å². The third kappa shape index (κ3) is 2.84. The van der Waals surface area contributed by atoms with Crippen LogP contribution in [0, 0.1) is 5.92 Å². The number of amides is 1. The minimum Gasteiger partial charge on any atom is -0.352 e. The SMILES string of the molecule is O=C(NCC1CNC1)c1cnn(-c2cccc(Cl)c2)c1. The van der Waals surface area contributed by atoms with Crippen LogP contribution in [-0.2, 0) is 0 Å². The van der Waals surface area contributed by atoms with Gasteiger partial charge in [-0.1, -0.05) is 17.7 Å². The van der Waals surface area contributed by atoms with E-state index >= 15 is 0 Å². The van der Waals surface area contributed by atoms with Crippen molar-refractivity contribution in [2.45, 2.75) is 0 Å². The molecule has 6 heteroatoms. The van der Waals surface area contributed by atoms with Crippen LogP contribution >= 0.6 is 11.6 Å². The molecule has 1 amide bonds. The van der Waals surface area contributed by atoms with E-state index in [0.29, 0.717) is 23.0 Å². The Balaban J connectivity index is 1.67. The fourth-order valence-corrected chi connectivity index (χ4v) is 2.22. The minimum atomic E-state index is -0.0924. The molecule has 0 unspecified atom stereocenters. The van der Waals surface area contributed by atoms with Crippen molar-refractivity contribution in [2.75, 3.05) is 19.6 Å². The van der Waals surface area contributed by atoms with Gasteiger partial charge in [0.25, 0.3) is 5.91 Å². The highest BCUT2D eigenvalue weighted by Crippen LogP contribution is 2.14. The molecular formula is C14H15ClN4O. The maximum atomic E-state index is 12.0.